The molecule has 2 aromatic carbocycles. The minimum absolute atomic E-state index is 0.0292. The lowest BCUT2D eigenvalue weighted by atomic mass is 10.1. The molecule has 0 aliphatic carbocycles. The molecule has 0 aliphatic rings. The van der Waals surface area contributed by atoms with Crippen molar-refractivity contribution in [3.63, 3.8) is 0 Å². The summed E-state index contributed by atoms with van der Waals surface area (Å²) in [4.78, 5) is 4.30. The maximum atomic E-state index is 12.4. The average Bonchev–Trinajstić information content (AvgIpc) is 2.64. The van der Waals surface area contributed by atoms with Gasteiger partial charge in [0.15, 0.2) is 0 Å². The molecule has 0 bridgehead atoms. The van der Waals surface area contributed by atoms with Crippen LogP contribution in [0.2, 0.25) is 5.02 Å². The zero-order chi connectivity index (χ0) is 18.6. The molecular formula is C19H18ClN3O2S. The van der Waals surface area contributed by atoms with Crippen LogP contribution in [0.25, 0.3) is 0 Å². The van der Waals surface area contributed by atoms with Gasteiger partial charge in [-0.25, -0.2) is 13.4 Å². The average molecular weight is 388 g/mol. The Labute approximate surface area is 158 Å². The van der Waals surface area contributed by atoms with Gasteiger partial charge in [-0.1, -0.05) is 54.1 Å². The summed E-state index contributed by atoms with van der Waals surface area (Å²) in [7, 11) is -3.77. The van der Waals surface area contributed by atoms with Crippen molar-refractivity contribution in [1.29, 1.82) is 0 Å². The third-order valence-electron chi connectivity index (χ3n) is 3.81. The second-order valence-electron chi connectivity index (χ2n) is 5.74. The maximum Gasteiger partial charge on any atom is 0.263 e. The molecule has 0 spiro atoms. The normalized spacial score (nSPS) is 12.4. The first-order valence-electron chi connectivity index (χ1n) is 8.00. The van der Waals surface area contributed by atoms with E-state index in [4.69, 9.17) is 11.6 Å². The minimum Gasteiger partial charge on any atom is -0.364 e. The van der Waals surface area contributed by atoms with Crippen molar-refractivity contribution < 1.29 is 8.42 Å². The van der Waals surface area contributed by atoms with Crippen molar-refractivity contribution in [2.75, 3.05) is 10.0 Å². The number of nitrogens with zero attached hydrogens (tertiary/aromatic N) is 1. The van der Waals surface area contributed by atoms with E-state index >= 15 is 0 Å². The molecule has 2 N–H and O–H groups in total. The first kappa shape index (κ1) is 18.2. The summed E-state index contributed by atoms with van der Waals surface area (Å²) in [6, 6.07) is 19.7. The molecule has 0 saturated heterocycles. The van der Waals surface area contributed by atoms with E-state index in [-0.39, 0.29) is 16.0 Å². The van der Waals surface area contributed by atoms with Gasteiger partial charge >= 0.3 is 0 Å². The van der Waals surface area contributed by atoms with Crippen LogP contribution in [0, 0.1) is 0 Å². The number of pyridine rings is 1. The summed E-state index contributed by atoms with van der Waals surface area (Å²) in [6.45, 7) is 2.03. The van der Waals surface area contributed by atoms with E-state index in [1.807, 2.05) is 37.3 Å². The van der Waals surface area contributed by atoms with Gasteiger partial charge in [-0.15, -0.1) is 0 Å². The first-order chi connectivity index (χ1) is 12.5. The molecule has 1 heterocycles. The number of sulfonamides is 1. The molecule has 7 heteroatoms. The maximum absolute atomic E-state index is 12.4. The van der Waals surface area contributed by atoms with Crippen LogP contribution in [-0.2, 0) is 10.0 Å². The third kappa shape index (κ3) is 4.33. The Kier molecular flexibility index (Phi) is 5.44. The summed E-state index contributed by atoms with van der Waals surface area (Å²) in [6.07, 6.45) is 1.47. The molecule has 26 heavy (non-hydrogen) atoms. The number of anilines is 2. The van der Waals surface area contributed by atoms with E-state index in [0.29, 0.717) is 11.5 Å². The summed E-state index contributed by atoms with van der Waals surface area (Å²) in [5.41, 5.74) is 1.50. The van der Waals surface area contributed by atoms with Crippen molar-refractivity contribution in [2.45, 2.75) is 17.9 Å². The van der Waals surface area contributed by atoms with Gasteiger partial charge < -0.3 is 5.32 Å². The zero-order valence-electron chi connectivity index (χ0n) is 14.1. The SMILES string of the molecule is CC(Nc1ccc(NS(=O)(=O)c2ccccc2Cl)cn1)c1ccccc1. The lowest BCUT2D eigenvalue weighted by Crippen LogP contribution is -2.14. The summed E-state index contributed by atoms with van der Waals surface area (Å²) in [5, 5.41) is 3.45. The second-order valence-corrected chi connectivity index (χ2v) is 7.80. The number of nitrogens with one attached hydrogen (secondary N) is 2. The van der Waals surface area contributed by atoms with Gasteiger partial charge in [0.05, 0.1) is 16.9 Å². The molecule has 1 atom stereocenters. The fourth-order valence-electron chi connectivity index (χ4n) is 2.46. The van der Waals surface area contributed by atoms with E-state index in [2.05, 4.69) is 15.0 Å². The molecule has 5 nitrogen and oxygen atoms in total. The molecule has 3 rings (SSSR count). The number of benzene rings is 2. The molecule has 134 valence electrons. The van der Waals surface area contributed by atoms with Crippen molar-refractivity contribution in [1.82, 2.24) is 4.98 Å². The largest absolute Gasteiger partial charge is 0.364 e. The molecule has 0 saturated carbocycles. The number of hydrogen-bond donors (Lipinski definition) is 2. The highest BCUT2D eigenvalue weighted by Gasteiger charge is 2.17. The van der Waals surface area contributed by atoms with Gasteiger partial charge in [-0.05, 0) is 36.8 Å². The Balaban J connectivity index is 1.71. The summed E-state index contributed by atoms with van der Waals surface area (Å²) < 4.78 is 27.3. The quantitative estimate of drug-likeness (QED) is 0.642. The Hall–Kier alpha value is -2.57. The Morgan fingerprint density at radius 1 is 0.962 bits per heavy atom. The third-order valence-corrected chi connectivity index (χ3v) is 5.69. The highest BCUT2D eigenvalue weighted by molar-refractivity contribution is 7.92. The minimum atomic E-state index is -3.77. The van der Waals surface area contributed by atoms with Gasteiger partial charge in [0.1, 0.15) is 10.7 Å². The Morgan fingerprint density at radius 2 is 1.65 bits per heavy atom. The molecule has 0 amide bonds. The van der Waals surface area contributed by atoms with E-state index in [1.54, 1.807) is 24.3 Å². The van der Waals surface area contributed by atoms with Crippen LogP contribution in [0.15, 0.2) is 77.8 Å². The van der Waals surface area contributed by atoms with Crippen molar-refractivity contribution in [3.05, 3.63) is 83.5 Å². The van der Waals surface area contributed by atoms with Gasteiger partial charge in [0, 0.05) is 6.04 Å². The van der Waals surface area contributed by atoms with Gasteiger partial charge in [0.2, 0.25) is 0 Å². The summed E-state index contributed by atoms with van der Waals surface area (Å²) in [5.74, 6) is 0.655. The van der Waals surface area contributed by atoms with Gasteiger partial charge in [-0.3, -0.25) is 4.72 Å². The van der Waals surface area contributed by atoms with Gasteiger partial charge in [0.25, 0.3) is 10.0 Å². The van der Waals surface area contributed by atoms with Crippen LogP contribution in [0.5, 0.6) is 0 Å². The molecule has 1 aromatic heterocycles. The fourth-order valence-corrected chi connectivity index (χ4v) is 4.02. The van der Waals surface area contributed by atoms with Crippen LogP contribution >= 0.6 is 11.6 Å². The van der Waals surface area contributed by atoms with Crippen molar-refractivity contribution in [3.8, 4) is 0 Å². The highest BCUT2D eigenvalue weighted by atomic mass is 35.5. The molecule has 0 radical (unpaired) electrons. The van der Waals surface area contributed by atoms with E-state index in [9.17, 15) is 8.42 Å². The number of aromatic nitrogens is 1. The Morgan fingerprint density at radius 3 is 2.31 bits per heavy atom. The number of hydrogen-bond acceptors (Lipinski definition) is 4. The topological polar surface area (TPSA) is 71.1 Å². The van der Waals surface area contributed by atoms with Crippen molar-refractivity contribution in [2.24, 2.45) is 0 Å². The van der Waals surface area contributed by atoms with Crippen LogP contribution in [-0.4, -0.2) is 13.4 Å². The predicted molar refractivity (Wildman–Crippen MR) is 105 cm³/mol. The number of halogens is 1. The molecule has 1 unspecified atom stereocenters. The smallest absolute Gasteiger partial charge is 0.263 e. The molecule has 0 fully saturated rings. The lowest BCUT2D eigenvalue weighted by Gasteiger charge is -2.15. The van der Waals surface area contributed by atoms with Gasteiger partial charge in [-0.2, -0.15) is 0 Å². The van der Waals surface area contributed by atoms with Crippen LogP contribution < -0.4 is 10.0 Å². The Bertz CT molecular complexity index is 977. The lowest BCUT2D eigenvalue weighted by molar-refractivity contribution is 0.601. The van der Waals surface area contributed by atoms with Crippen LogP contribution in [0.1, 0.15) is 18.5 Å². The fraction of sp³-hybridized carbons (Fsp3) is 0.105. The van der Waals surface area contributed by atoms with E-state index in [1.165, 1.54) is 18.3 Å². The standard InChI is InChI=1S/C19H18ClN3O2S/c1-14(15-7-3-2-4-8-15)22-19-12-11-16(13-21-19)23-26(24,25)18-10-6-5-9-17(18)20/h2-14,23H,1H3,(H,21,22). The molecule has 0 aliphatic heterocycles. The second kappa shape index (κ2) is 7.76. The number of rotatable bonds is 6. The first-order valence-corrected chi connectivity index (χ1v) is 9.87. The summed E-state index contributed by atoms with van der Waals surface area (Å²) >= 11 is 5.97. The van der Waals surface area contributed by atoms with E-state index < -0.39 is 10.0 Å². The van der Waals surface area contributed by atoms with E-state index in [0.717, 1.165) is 5.56 Å². The zero-order valence-corrected chi connectivity index (χ0v) is 15.6. The van der Waals surface area contributed by atoms with Crippen molar-refractivity contribution >= 4 is 33.1 Å². The molecule has 3 aromatic rings. The van der Waals surface area contributed by atoms with Crippen LogP contribution in [0.4, 0.5) is 11.5 Å². The van der Waals surface area contributed by atoms with Crippen LogP contribution in [0.3, 0.4) is 0 Å². The molecular weight excluding hydrogens is 370 g/mol. The highest BCUT2D eigenvalue weighted by Crippen LogP contribution is 2.24. The predicted octanol–water partition coefficient (Wildman–Crippen LogP) is 4.71. The monoisotopic (exact) mass is 387 g/mol.